The maximum absolute atomic E-state index is 12.2. The first-order valence-corrected chi connectivity index (χ1v) is 6.82. The highest BCUT2D eigenvalue weighted by Gasteiger charge is 2.24. The summed E-state index contributed by atoms with van der Waals surface area (Å²) in [6, 6.07) is 3.50. The lowest BCUT2D eigenvalue weighted by atomic mass is 9.92. The second kappa shape index (κ2) is 6.05. The minimum atomic E-state index is 0.00430. The molecule has 1 saturated heterocycles. The SMILES string of the molecule is CCCC1CCN(C(=O)c2ccc(CN)o2)CC1. The Morgan fingerprint density at radius 1 is 1.44 bits per heavy atom. The number of likely N-dealkylation sites (tertiary alicyclic amines) is 1. The Labute approximate surface area is 108 Å². The number of carbonyl (C=O) groups excluding carboxylic acids is 1. The summed E-state index contributed by atoms with van der Waals surface area (Å²) in [6.45, 7) is 4.25. The fourth-order valence-electron chi connectivity index (χ4n) is 2.59. The van der Waals surface area contributed by atoms with Gasteiger partial charge in [-0.3, -0.25) is 4.79 Å². The summed E-state index contributed by atoms with van der Waals surface area (Å²) in [5, 5.41) is 0. The molecule has 1 amide bonds. The number of hydrogen-bond donors (Lipinski definition) is 1. The Bertz CT molecular complexity index is 392. The Hall–Kier alpha value is -1.29. The van der Waals surface area contributed by atoms with Crippen LogP contribution >= 0.6 is 0 Å². The lowest BCUT2D eigenvalue weighted by molar-refractivity contribution is 0.0652. The molecular formula is C14H22N2O2. The number of amides is 1. The van der Waals surface area contributed by atoms with Crippen molar-refractivity contribution >= 4 is 5.91 Å². The molecule has 0 bridgehead atoms. The molecule has 2 rings (SSSR count). The fraction of sp³-hybridized carbons (Fsp3) is 0.643. The van der Waals surface area contributed by atoms with Gasteiger partial charge in [-0.25, -0.2) is 0 Å². The van der Waals surface area contributed by atoms with Crippen LogP contribution in [-0.4, -0.2) is 23.9 Å². The van der Waals surface area contributed by atoms with Gasteiger partial charge < -0.3 is 15.1 Å². The van der Waals surface area contributed by atoms with Crippen molar-refractivity contribution in [3.05, 3.63) is 23.7 Å². The first kappa shape index (κ1) is 13.1. The predicted octanol–water partition coefficient (Wildman–Crippen LogP) is 2.39. The molecule has 1 fully saturated rings. The van der Waals surface area contributed by atoms with E-state index in [4.69, 9.17) is 10.2 Å². The second-order valence-corrected chi connectivity index (χ2v) is 4.99. The normalized spacial score (nSPS) is 17.1. The van der Waals surface area contributed by atoms with Crippen LogP contribution in [0.4, 0.5) is 0 Å². The van der Waals surface area contributed by atoms with Crippen LogP contribution in [0, 0.1) is 5.92 Å². The van der Waals surface area contributed by atoms with Gasteiger partial charge in [-0.05, 0) is 30.9 Å². The van der Waals surface area contributed by atoms with Gasteiger partial charge in [-0.15, -0.1) is 0 Å². The van der Waals surface area contributed by atoms with Crippen molar-refractivity contribution < 1.29 is 9.21 Å². The van der Waals surface area contributed by atoms with Crippen molar-refractivity contribution in [1.82, 2.24) is 4.90 Å². The summed E-state index contributed by atoms with van der Waals surface area (Å²) in [5.41, 5.74) is 5.47. The van der Waals surface area contributed by atoms with E-state index in [1.807, 2.05) is 4.90 Å². The zero-order valence-electron chi connectivity index (χ0n) is 11.0. The number of nitrogens with zero attached hydrogens (tertiary/aromatic N) is 1. The molecule has 1 aliphatic rings. The molecule has 0 radical (unpaired) electrons. The second-order valence-electron chi connectivity index (χ2n) is 4.99. The average molecular weight is 250 g/mol. The molecule has 4 nitrogen and oxygen atoms in total. The molecule has 18 heavy (non-hydrogen) atoms. The van der Waals surface area contributed by atoms with Crippen LogP contribution in [0.15, 0.2) is 16.5 Å². The molecule has 4 heteroatoms. The third-order valence-corrected chi connectivity index (χ3v) is 3.67. The molecule has 2 N–H and O–H groups in total. The molecule has 0 atom stereocenters. The summed E-state index contributed by atoms with van der Waals surface area (Å²) >= 11 is 0. The van der Waals surface area contributed by atoms with Gasteiger partial charge in [0.1, 0.15) is 5.76 Å². The van der Waals surface area contributed by atoms with E-state index in [-0.39, 0.29) is 5.91 Å². The van der Waals surface area contributed by atoms with Gasteiger partial charge in [0.15, 0.2) is 5.76 Å². The zero-order valence-corrected chi connectivity index (χ0v) is 11.0. The van der Waals surface area contributed by atoms with Crippen molar-refractivity contribution in [2.75, 3.05) is 13.1 Å². The van der Waals surface area contributed by atoms with E-state index in [2.05, 4.69) is 6.92 Å². The van der Waals surface area contributed by atoms with Crippen molar-refractivity contribution in [3.8, 4) is 0 Å². The number of carbonyl (C=O) groups is 1. The van der Waals surface area contributed by atoms with E-state index in [0.29, 0.717) is 18.1 Å². The summed E-state index contributed by atoms with van der Waals surface area (Å²) in [5.74, 6) is 1.88. The maximum atomic E-state index is 12.2. The predicted molar refractivity (Wildman–Crippen MR) is 70.1 cm³/mol. The third-order valence-electron chi connectivity index (χ3n) is 3.67. The lowest BCUT2D eigenvalue weighted by Gasteiger charge is -2.31. The average Bonchev–Trinajstić information content (AvgIpc) is 2.88. The van der Waals surface area contributed by atoms with Crippen LogP contribution in [0.1, 0.15) is 48.9 Å². The zero-order chi connectivity index (χ0) is 13.0. The van der Waals surface area contributed by atoms with E-state index >= 15 is 0 Å². The molecule has 0 unspecified atom stereocenters. The van der Waals surface area contributed by atoms with E-state index in [1.165, 1.54) is 12.8 Å². The van der Waals surface area contributed by atoms with Crippen LogP contribution in [0.25, 0.3) is 0 Å². The largest absolute Gasteiger partial charge is 0.455 e. The number of piperidine rings is 1. The monoisotopic (exact) mass is 250 g/mol. The molecule has 0 aliphatic carbocycles. The van der Waals surface area contributed by atoms with Crippen LogP contribution in [-0.2, 0) is 6.54 Å². The molecular weight excluding hydrogens is 228 g/mol. The summed E-state index contributed by atoms with van der Waals surface area (Å²) in [7, 11) is 0. The smallest absolute Gasteiger partial charge is 0.289 e. The summed E-state index contributed by atoms with van der Waals surface area (Å²) < 4.78 is 5.41. The first-order chi connectivity index (χ1) is 8.74. The van der Waals surface area contributed by atoms with E-state index in [9.17, 15) is 4.79 Å². The lowest BCUT2D eigenvalue weighted by Crippen LogP contribution is -2.38. The van der Waals surface area contributed by atoms with Gasteiger partial charge in [-0.2, -0.15) is 0 Å². The van der Waals surface area contributed by atoms with Gasteiger partial charge in [-0.1, -0.05) is 19.8 Å². The molecule has 0 spiro atoms. The molecule has 0 saturated carbocycles. The number of hydrogen-bond acceptors (Lipinski definition) is 3. The highest BCUT2D eigenvalue weighted by molar-refractivity contribution is 5.91. The van der Waals surface area contributed by atoms with Crippen molar-refractivity contribution in [3.63, 3.8) is 0 Å². The van der Waals surface area contributed by atoms with Crippen LogP contribution < -0.4 is 5.73 Å². The Balaban J connectivity index is 1.91. The Morgan fingerprint density at radius 2 is 2.17 bits per heavy atom. The Morgan fingerprint density at radius 3 is 2.72 bits per heavy atom. The quantitative estimate of drug-likeness (QED) is 0.892. The van der Waals surface area contributed by atoms with Crippen molar-refractivity contribution in [2.45, 2.75) is 39.2 Å². The van der Waals surface area contributed by atoms with Crippen LogP contribution in [0.5, 0.6) is 0 Å². The minimum absolute atomic E-state index is 0.00430. The highest BCUT2D eigenvalue weighted by atomic mass is 16.4. The maximum Gasteiger partial charge on any atom is 0.289 e. The fourth-order valence-corrected chi connectivity index (χ4v) is 2.59. The van der Waals surface area contributed by atoms with Crippen LogP contribution in [0.3, 0.4) is 0 Å². The highest BCUT2D eigenvalue weighted by Crippen LogP contribution is 2.23. The molecule has 1 aliphatic heterocycles. The van der Waals surface area contributed by atoms with Gasteiger partial charge in [0, 0.05) is 13.1 Å². The van der Waals surface area contributed by atoms with Gasteiger partial charge in [0.05, 0.1) is 6.54 Å². The molecule has 1 aromatic rings. The van der Waals surface area contributed by atoms with Crippen molar-refractivity contribution in [2.24, 2.45) is 11.7 Å². The van der Waals surface area contributed by atoms with Gasteiger partial charge in [0.25, 0.3) is 5.91 Å². The number of rotatable bonds is 4. The van der Waals surface area contributed by atoms with Gasteiger partial charge in [0.2, 0.25) is 0 Å². The first-order valence-electron chi connectivity index (χ1n) is 6.82. The molecule has 100 valence electrons. The topological polar surface area (TPSA) is 59.5 Å². The standard InChI is InChI=1S/C14H22N2O2/c1-2-3-11-6-8-16(9-7-11)14(17)13-5-4-12(10-15)18-13/h4-5,11H,2-3,6-10,15H2,1H3. The third kappa shape index (κ3) is 2.93. The molecule has 2 heterocycles. The Kier molecular flexibility index (Phi) is 4.42. The van der Waals surface area contributed by atoms with Crippen LogP contribution in [0.2, 0.25) is 0 Å². The van der Waals surface area contributed by atoms with Crippen molar-refractivity contribution in [1.29, 1.82) is 0 Å². The van der Waals surface area contributed by atoms with E-state index in [0.717, 1.165) is 31.8 Å². The van der Waals surface area contributed by atoms with E-state index in [1.54, 1.807) is 12.1 Å². The summed E-state index contributed by atoms with van der Waals surface area (Å²) in [6.07, 6.45) is 4.74. The molecule has 0 aromatic carbocycles. The molecule has 1 aromatic heterocycles. The van der Waals surface area contributed by atoms with E-state index < -0.39 is 0 Å². The number of nitrogens with two attached hydrogens (primary N) is 1. The number of furan rings is 1. The minimum Gasteiger partial charge on any atom is -0.455 e. The summed E-state index contributed by atoms with van der Waals surface area (Å²) in [4.78, 5) is 14.1. The van der Waals surface area contributed by atoms with Gasteiger partial charge >= 0.3 is 0 Å².